The predicted octanol–water partition coefficient (Wildman–Crippen LogP) is 2.66. The third-order valence-electron chi connectivity index (χ3n) is 2.96. The number of carbonyl (C=O) groups is 1. The van der Waals surface area contributed by atoms with Crippen LogP contribution in [0.3, 0.4) is 0 Å². The fourth-order valence-electron chi connectivity index (χ4n) is 1.92. The highest BCUT2D eigenvalue weighted by Crippen LogP contribution is 2.19. The molecular weight excluding hydrogens is 294 g/mol. The van der Waals surface area contributed by atoms with Crippen LogP contribution in [0.25, 0.3) is 0 Å². The van der Waals surface area contributed by atoms with Crippen molar-refractivity contribution in [2.75, 3.05) is 6.54 Å². The molecule has 0 saturated carbocycles. The number of hydrogen-bond donors (Lipinski definition) is 2. The van der Waals surface area contributed by atoms with E-state index in [0.29, 0.717) is 6.54 Å². The van der Waals surface area contributed by atoms with Crippen molar-refractivity contribution in [1.82, 2.24) is 5.32 Å². The normalized spacial score (nSPS) is 14.4. The second-order valence-corrected chi connectivity index (χ2v) is 7.15. The molecule has 0 bridgehead atoms. The number of esters is 1. The van der Waals surface area contributed by atoms with Gasteiger partial charge in [-0.05, 0) is 47.6 Å². The Labute approximate surface area is 139 Å². The lowest BCUT2D eigenvalue weighted by atomic mass is 10.1. The molecule has 2 N–H and O–H groups in total. The van der Waals surface area contributed by atoms with Crippen LogP contribution in [0.2, 0.25) is 0 Å². The van der Waals surface area contributed by atoms with Gasteiger partial charge in [-0.1, -0.05) is 18.2 Å². The first-order valence-electron chi connectivity index (χ1n) is 7.92. The molecule has 0 saturated heterocycles. The van der Waals surface area contributed by atoms with Gasteiger partial charge in [0.15, 0.2) is 5.60 Å². The first kappa shape index (κ1) is 19.5. The second kappa shape index (κ2) is 7.79. The number of carbonyl (C=O) groups excluding carboxylic acids is 1. The molecule has 0 amide bonds. The number of benzene rings is 1. The molecule has 1 atom stereocenters. The summed E-state index contributed by atoms with van der Waals surface area (Å²) in [5, 5.41) is 13.4. The Morgan fingerprint density at radius 2 is 1.83 bits per heavy atom. The van der Waals surface area contributed by atoms with Gasteiger partial charge in [-0.3, -0.25) is 0 Å². The quantitative estimate of drug-likeness (QED) is 0.755. The lowest BCUT2D eigenvalue weighted by Gasteiger charge is -2.27. The molecule has 130 valence electrons. The van der Waals surface area contributed by atoms with Gasteiger partial charge in [0, 0.05) is 18.7 Å². The molecule has 0 aliphatic heterocycles. The van der Waals surface area contributed by atoms with E-state index in [2.05, 4.69) is 5.32 Å². The highest BCUT2D eigenvalue weighted by molar-refractivity contribution is 5.79. The molecule has 23 heavy (non-hydrogen) atoms. The van der Waals surface area contributed by atoms with Crippen LogP contribution in [0.4, 0.5) is 0 Å². The Balaban J connectivity index is 2.61. The molecule has 0 aliphatic carbocycles. The topological polar surface area (TPSA) is 67.8 Å². The maximum atomic E-state index is 12.0. The standard InChI is InChI=1S/C18H29NO4/c1-13(2)22-15-10-8-7-9-14(15)11-19-12-18(6,21)16(20)23-17(3,4)5/h7-10,13,19,21H,11-12H2,1-6H3/t18-/m0/s1. The van der Waals surface area contributed by atoms with Crippen molar-refractivity contribution >= 4 is 5.97 Å². The number of rotatable bonds is 7. The van der Waals surface area contributed by atoms with Gasteiger partial charge in [0.25, 0.3) is 0 Å². The minimum Gasteiger partial charge on any atom is -0.491 e. The summed E-state index contributed by atoms with van der Waals surface area (Å²) in [5.41, 5.74) is -1.24. The number of nitrogens with one attached hydrogen (secondary N) is 1. The smallest absolute Gasteiger partial charge is 0.339 e. The van der Waals surface area contributed by atoms with Crippen LogP contribution in [0.1, 0.15) is 47.1 Å². The van der Waals surface area contributed by atoms with Gasteiger partial charge in [-0.2, -0.15) is 0 Å². The molecule has 5 nitrogen and oxygen atoms in total. The highest BCUT2D eigenvalue weighted by Gasteiger charge is 2.34. The van der Waals surface area contributed by atoms with Crippen molar-refractivity contribution in [3.8, 4) is 5.75 Å². The zero-order valence-electron chi connectivity index (χ0n) is 15.0. The summed E-state index contributed by atoms with van der Waals surface area (Å²) in [6.45, 7) is 11.3. The summed E-state index contributed by atoms with van der Waals surface area (Å²) in [7, 11) is 0. The van der Waals surface area contributed by atoms with Crippen molar-refractivity contribution in [3.63, 3.8) is 0 Å². The molecular formula is C18H29NO4. The minimum absolute atomic E-state index is 0.0843. The van der Waals surface area contributed by atoms with Crippen LogP contribution in [0, 0.1) is 0 Å². The zero-order valence-corrected chi connectivity index (χ0v) is 15.0. The molecule has 0 aromatic heterocycles. The first-order valence-corrected chi connectivity index (χ1v) is 7.92. The molecule has 0 fully saturated rings. The highest BCUT2D eigenvalue weighted by atomic mass is 16.6. The Morgan fingerprint density at radius 1 is 1.22 bits per heavy atom. The van der Waals surface area contributed by atoms with Gasteiger partial charge in [-0.15, -0.1) is 0 Å². The number of hydrogen-bond acceptors (Lipinski definition) is 5. The Kier molecular flexibility index (Phi) is 6.59. The van der Waals surface area contributed by atoms with E-state index in [-0.39, 0.29) is 12.6 Å². The average Bonchev–Trinajstić information content (AvgIpc) is 2.38. The maximum Gasteiger partial charge on any atom is 0.339 e. The molecule has 1 aromatic rings. The van der Waals surface area contributed by atoms with Crippen LogP contribution < -0.4 is 10.1 Å². The van der Waals surface area contributed by atoms with Crippen molar-refractivity contribution in [3.05, 3.63) is 29.8 Å². The van der Waals surface area contributed by atoms with Crippen molar-refractivity contribution in [2.24, 2.45) is 0 Å². The fourth-order valence-corrected chi connectivity index (χ4v) is 1.92. The van der Waals surface area contributed by atoms with Gasteiger partial charge in [0.1, 0.15) is 11.4 Å². The predicted molar refractivity (Wildman–Crippen MR) is 90.4 cm³/mol. The van der Waals surface area contributed by atoms with Crippen molar-refractivity contribution < 1.29 is 19.4 Å². The van der Waals surface area contributed by atoms with E-state index >= 15 is 0 Å². The van der Waals surface area contributed by atoms with E-state index in [1.54, 1.807) is 20.8 Å². The summed E-state index contributed by atoms with van der Waals surface area (Å²) in [4.78, 5) is 12.0. The molecule has 0 spiro atoms. The van der Waals surface area contributed by atoms with Gasteiger partial charge in [0.2, 0.25) is 0 Å². The molecule has 5 heteroatoms. The third-order valence-corrected chi connectivity index (χ3v) is 2.96. The van der Waals surface area contributed by atoms with E-state index < -0.39 is 17.2 Å². The number of para-hydroxylation sites is 1. The van der Waals surface area contributed by atoms with E-state index in [1.807, 2.05) is 38.1 Å². The van der Waals surface area contributed by atoms with E-state index in [4.69, 9.17) is 9.47 Å². The zero-order chi connectivity index (χ0) is 17.7. The molecule has 1 rings (SSSR count). The first-order chi connectivity index (χ1) is 10.5. The molecule has 0 radical (unpaired) electrons. The summed E-state index contributed by atoms with van der Waals surface area (Å²) in [6, 6.07) is 7.70. The Bertz CT molecular complexity index is 518. The van der Waals surface area contributed by atoms with Crippen LogP contribution in [0.15, 0.2) is 24.3 Å². The van der Waals surface area contributed by atoms with E-state index in [1.165, 1.54) is 6.92 Å². The molecule has 0 unspecified atom stereocenters. The van der Waals surface area contributed by atoms with Crippen LogP contribution in [-0.4, -0.2) is 34.9 Å². The van der Waals surface area contributed by atoms with Crippen LogP contribution >= 0.6 is 0 Å². The van der Waals surface area contributed by atoms with Crippen molar-refractivity contribution in [1.29, 1.82) is 0 Å². The van der Waals surface area contributed by atoms with Gasteiger partial charge in [0.05, 0.1) is 6.10 Å². The lowest BCUT2D eigenvalue weighted by molar-refractivity contribution is -0.174. The summed E-state index contributed by atoms with van der Waals surface area (Å²) >= 11 is 0. The SMILES string of the molecule is CC(C)Oc1ccccc1CNC[C@](C)(O)C(=O)OC(C)(C)C. The Hall–Kier alpha value is -1.59. The summed E-state index contributed by atoms with van der Waals surface area (Å²) in [5.74, 6) is 0.163. The fraction of sp³-hybridized carbons (Fsp3) is 0.611. The molecule has 0 heterocycles. The summed E-state index contributed by atoms with van der Waals surface area (Å²) in [6.07, 6.45) is 0.0843. The Morgan fingerprint density at radius 3 is 2.39 bits per heavy atom. The van der Waals surface area contributed by atoms with Gasteiger partial charge < -0.3 is 19.9 Å². The third kappa shape index (κ3) is 7.01. The van der Waals surface area contributed by atoms with Crippen molar-refractivity contribution in [2.45, 2.75) is 65.4 Å². The average molecular weight is 323 g/mol. The summed E-state index contributed by atoms with van der Waals surface area (Å²) < 4.78 is 11.0. The van der Waals surface area contributed by atoms with Gasteiger partial charge in [-0.25, -0.2) is 4.79 Å². The number of ether oxygens (including phenoxy) is 2. The number of aliphatic hydroxyl groups is 1. The molecule has 0 aliphatic rings. The van der Waals surface area contributed by atoms with E-state index in [9.17, 15) is 9.90 Å². The van der Waals surface area contributed by atoms with E-state index in [0.717, 1.165) is 11.3 Å². The second-order valence-electron chi connectivity index (χ2n) is 7.15. The maximum absolute atomic E-state index is 12.0. The van der Waals surface area contributed by atoms with Crippen LogP contribution in [0.5, 0.6) is 5.75 Å². The monoisotopic (exact) mass is 323 g/mol. The van der Waals surface area contributed by atoms with Gasteiger partial charge >= 0.3 is 5.97 Å². The van der Waals surface area contributed by atoms with Crippen LogP contribution in [-0.2, 0) is 16.1 Å². The molecule has 1 aromatic carbocycles. The largest absolute Gasteiger partial charge is 0.491 e. The lowest BCUT2D eigenvalue weighted by Crippen LogP contribution is -2.48. The minimum atomic E-state index is -1.58.